The maximum atomic E-state index is 12.3. The summed E-state index contributed by atoms with van der Waals surface area (Å²) < 4.78 is 2.77. The number of thioether (sulfide) groups is 1. The Morgan fingerprint density at radius 1 is 0.912 bits per heavy atom. The zero-order valence-electron chi connectivity index (χ0n) is 21.6. The van der Waals surface area contributed by atoms with Crippen molar-refractivity contribution in [3.8, 4) is 0 Å². The van der Waals surface area contributed by atoms with Crippen LogP contribution in [0.1, 0.15) is 65.8 Å². The van der Waals surface area contributed by atoms with Gasteiger partial charge in [0.05, 0.1) is 0 Å². The number of hydrogen-bond donors (Lipinski definition) is 2. The van der Waals surface area contributed by atoms with Gasteiger partial charge in [-0.25, -0.2) is 14.2 Å². The molecule has 190 valence electrons. The molecule has 0 spiro atoms. The summed E-state index contributed by atoms with van der Waals surface area (Å²) in [5.41, 5.74) is -0.681. The highest BCUT2D eigenvalue weighted by Gasteiger charge is 2.21. The van der Waals surface area contributed by atoms with Crippen LogP contribution in [0.15, 0.2) is 14.7 Å². The largest absolute Gasteiger partial charge is 0.355 e. The third-order valence-electron chi connectivity index (χ3n) is 5.17. The van der Waals surface area contributed by atoms with Gasteiger partial charge in [0.15, 0.2) is 5.16 Å². The molecule has 1 saturated carbocycles. The Morgan fingerprint density at radius 3 is 1.88 bits per heavy atom. The molecule has 0 unspecified atom stereocenters. The van der Waals surface area contributed by atoms with Crippen molar-refractivity contribution in [3.63, 3.8) is 0 Å². The van der Waals surface area contributed by atoms with Crippen LogP contribution in [-0.4, -0.2) is 61.5 Å². The number of aromatic nitrogens is 6. The van der Waals surface area contributed by atoms with Gasteiger partial charge in [0.2, 0.25) is 17.8 Å². The quantitative estimate of drug-likeness (QED) is 0.557. The molecule has 11 nitrogen and oxygen atoms in total. The summed E-state index contributed by atoms with van der Waals surface area (Å²) in [6.45, 7) is 8.21. The van der Waals surface area contributed by atoms with Crippen molar-refractivity contribution in [2.45, 2.75) is 83.1 Å². The third kappa shape index (κ3) is 7.71. The molecular formula is C22H39N9O2S. The highest BCUT2D eigenvalue weighted by atomic mass is 32.2. The molecule has 0 bridgehead atoms. The van der Waals surface area contributed by atoms with E-state index in [0.717, 1.165) is 30.8 Å². The van der Waals surface area contributed by atoms with Gasteiger partial charge < -0.3 is 15.5 Å². The van der Waals surface area contributed by atoms with Gasteiger partial charge >= 0.3 is 11.4 Å². The summed E-state index contributed by atoms with van der Waals surface area (Å²) in [6, 6.07) is 0.640. The molecule has 1 aliphatic rings. The predicted octanol–water partition coefficient (Wildman–Crippen LogP) is 2.75. The first kappa shape index (κ1) is 27.6. The average molecular weight is 494 g/mol. The summed E-state index contributed by atoms with van der Waals surface area (Å²) in [5, 5.41) is 7.08. The van der Waals surface area contributed by atoms with E-state index in [0.29, 0.717) is 29.9 Å². The monoisotopic (exact) mass is 493 g/mol. The first-order valence-corrected chi connectivity index (χ1v) is 13.0. The second-order valence-electron chi connectivity index (χ2n) is 9.16. The molecule has 12 heteroatoms. The Kier molecular flexibility index (Phi) is 10.3. The lowest BCUT2D eigenvalue weighted by Gasteiger charge is -2.24. The standard InChI is InChI=1S/C12H20N4O2.C10H19N5S/c1-14(2)10-13-11(17)16(12(18)15(10)3)9-7-5-4-6-8-9;1-6(2)11-8-13-9(12-7(3)4)15-10(14-8)16-5/h9H,4-8H2,1-3H3;6-7H,1-5H3,(H2,11,12,13,14,15). The van der Waals surface area contributed by atoms with Gasteiger partial charge in [-0.2, -0.15) is 19.9 Å². The van der Waals surface area contributed by atoms with E-state index in [1.54, 1.807) is 26.0 Å². The normalized spacial score (nSPS) is 14.1. The summed E-state index contributed by atoms with van der Waals surface area (Å²) in [5.74, 6) is 1.65. The van der Waals surface area contributed by atoms with Gasteiger partial charge in [0.25, 0.3) is 0 Å². The molecule has 3 rings (SSSR count). The highest BCUT2D eigenvalue weighted by molar-refractivity contribution is 7.98. The molecule has 2 aromatic rings. The SMILES string of the molecule is CN(C)c1nc(=O)n(C2CCCCC2)c(=O)n1C.CSc1nc(NC(C)C)nc(NC(C)C)n1. The van der Waals surface area contributed by atoms with Crippen LogP contribution in [0, 0.1) is 0 Å². The third-order valence-corrected chi connectivity index (χ3v) is 5.72. The number of hydrogen-bond acceptors (Lipinski definition) is 10. The van der Waals surface area contributed by atoms with Gasteiger partial charge in [0.1, 0.15) is 0 Å². The Labute approximate surface area is 205 Å². The Hall–Kier alpha value is -2.63. The first-order chi connectivity index (χ1) is 16.0. The van der Waals surface area contributed by atoms with Gasteiger partial charge in [-0.1, -0.05) is 31.0 Å². The molecule has 0 aliphatic heterocycles. The molecular weight excluding hydrogens is 454 g/mol. The number of nitrogens with zero attached hydrogens (tertiary/aromatic N) is 7. The fourth-order valence-electron chi connectivity index (χ4n) is 3.69. The van der Waals surface area contributed by atoms with E-state index in [-0.39, 0.29) is 11.7 Å². The van der Waals surface area contributed by atoms with Gasteiger partial charge in [-0.15, -0.1) is 0 Å². The van der Waals surface area contributed by atoms with E-state index in [4.69, 9.17) is 0 Å². The van der Waals surface area contributed by atoms with Gasteiger partial charge in [0, 0.05) is 39.3 Å². The van der Waals surface area contributed by atoms with Crippen molar-refractivity contribution in [2.75, 3.05) is 35.9 Å². The number of nitrogens with one attached hydrogen (secondary N) is 2. The van der Waals surface area contributed by atoms with Crippen molar-refractivity contribution in [2.24, 2.45) is 7.05 Å². The van der Waals surface area contributed by atoms with Gasteiger partial charge in [-0.3, -0.25) is 4.57 Å². The Balaban J connectivity index is 0.000000242. The fourth-order valence-corrected chi connectivity index (χ4v) is 4.04. The van der Waals surface area contributed by atoms with Crippen LogP contribution in [0.4, 0.5) is 17.8 Å². The van der Waals surface area contributed by atoms with Gasteiger partial charge in [-0.05, 0) is 46.8 Å². The van der Waals surface area contributed by atoms with Crippen LogP contribution in [0.3, 0.4) is 0 Å². The first-order valence-electron chi connectivity index (χ1n) is 11.7. The summed E-state index contributed by atoms with van der Waals surface area (Å²) in [7, 11) is 5.20. The van der Waals surface area contributed by atoms with E-state index >= 15 is 0 Å². The summed E-state index contributed by atoms with van der Waals surface area (Å²) in [4.78, 5) is 42.9. The molecule has 34 heavy (non-hydrogen) atoms. The van der Waals surface area contributed by atoms with Crippen molar-refractivity contribution < 1.29 is 0 Å². The van der Waals surface area contributed by atoms with E-state index in [1.165, 1.54) is 27.3 Å². The Morgan fingerprint density at radius 2 is 1.44 bits per heavy atom. The van der Waals surface area contributed by atoms with E-state index in [9.17, 15) is 9.59 Å². The number of rotatable bonds is 7. The molecule has 2 aromatic heterocycles. The van der Waals surface area contributed by atoms with Crippen molar-refractivity contribution in [1.82, 2.24) is 29.1 Å². The predicted molar refractivity (Wildman–Crippen MR) is 139 cm³/mol. The second-order valence-corrected chi connectivity index (χ2v) is 9.93. The fraction of sp³-hybridized carbons (Fsp3) is 0.727. The molecule has 0 aromatic carbocycles. The zero-order valence-corrected chi connectivity index (χ0v) is 22.4. The van der Waals surface area contributed by atoms with Crippen molar-refractivity contribution in [3.05, 3.63) is 21.0 Å². The molecule has 1 fully saturated rings. The summed E-state index contributed by atoms with van der Waals surface area (Å²) >= 11 is 1.51. The minimum atomic E-state index is -0.423. The van der Waals surface area contributed by atoms with E-state index in [2.05, 4.69) is 58.3 Å². The molecule has 2 N–H and O–H groups in total. The highest BCUT2D eigenvalue weighted by Crippen LogP contribution is 2.25. The molecule has 0 radical (unpaired) electrons. The Bertz CT molecular complexity index is 1020. The minimum Gasteiger partial charge on any atom is -0.352 e. The van der Waals surface area contributed by atoms with Crippen LogP contribution in [0.2, 0.25) is 0 Å². The molecule has 2 heterocycles. The minimum absolute atomic E-state index is 0.0219. The maximum Gasteiger partial charge on any atom is 0.355 e. The number of anilines is 3. The van der Waals surface area contributed by atoms with E-state index < -0.39 is 5.69 Å². The topological polar surface area (TPSA) is 123 Å². The van der Waals surface area contributed by atoms with E-state index in [1.807, 2.05) is 6.26 Å². The van der Waals surface area contributed by atoms with Crippen LogP contribution in [0.25, 0.3) is 0 Å². The smallest absolute Gasteiger partial charge is 0.352 e. The molecule has 1 aliphatic carbocycles. The van der Waals surface area contributed by atoms with Crippen LogP contribution >= 0.6 is 11.8 Å². The average Bonchev–Trinajstić information content (AvgIpc) is 2.76. The molecule has 0 atom stereocenters. The van der Waals surface area contributed by atoms with Crippen LogP contribution in [-0.2, 0) is 7.05 Å². The lowest BCUT2D eigenvalue weighted by Crippen LogP contribution is -2.45. The lowest BCUT2D eigenvalue weighted by molar-refractivity contribution is 0.326. The van der Waals surface area contributed by atoms with Crippen LogP contribution < -0.4 is 26.9 Å². The summed E-state index contributed by atoms with van der Waals surface area (Å²) in [6.07, 6.45) is 7.10. The van der Waals surface area contributed by atoms with Crippen molar-refractivity contribution >= 4 is 29.6 Å². The molecule has 0 saturated heterocycles. The zero-order chi connectivity index (χ0) is 25.4. The second kappa shape index (κ2) is 12.7. The maximum absolute atomic E-state index is 12.3. The molecule has 0 amide bonds. The lowest BCUT2D eigenvalue weighted by atomic mass is 9.95. The van der Waals surface area contributed by atoms with Crippen molar-refractivity contribution in [1.29, 1.82) is 0 Å². The van der Waals surface area contributed by atoms with Crippen LogP contribution in [0.5, 0.6) is 0 Å².